The van der Waals surface area contributed by atoms with Gasteiger partial charge in [-0.1, -0.05) is 401 Å². The summed E-state index contributed by atoms with van der Waals surface area (Å²) < 4.78 is 61.5. The van der Waals surface area contributed by atoms with Gasteiger partial charge in [0, 0.05) is 19.3 Å². The number of aliphatic hydroxyl groups excluding tert-OH is 4. The van der Waals surface area contributed by atoms with Crippen LogP contribution in [0, 0.1) is 0 Å². The molecule has 24 heteroatoms. The van der Waals surface area contributed by atoms with Crippen LogP contribution in [0.1, 0.15) is 497 Å². The van der Waals surface area contributed by atoms with Crippen LogP contribution in [0.25, 0.3) is 0 Å². The summed E-state index contributed by atoms with van der Waals surface area (Å²) in [7, 11) is -5.58. The lowest BCUT2D eigenvalue weighted by molar-refractivity contribution is -0.297. The molecule has 718 valence electrons. The number of carbonyl (C=O) groups is 6. The number of hydrogen-bond donors (Lipinski definition) is 8. The van der Waals surface area contributed by atoms with Crippen molar-refractivity contribution < 1.29 is 101 Å². The van der Waals surface area contributed by atoms with Crippen LogP contribution < -0.4 is 10.6 Å². The third kappa shape index (κ3) is 62.0. The van der Waals surface area contributed by atoms with Crippen molar-refractivity contribution in [1.82, 2.24) is 10.6 Å². The summed E-state index contributed by atoms with van der Waals surface area (Å²) in [5.41, 5.74) is 0. The number of hydrogen-bond acceptors (Lipinski definition) is 19. The number of rotatable bonds is 86. The predicted octanol–water partition coefficient (Wildman–Crippen LogP) is 23.1. The Morgan fingerprint density at radius 3 is 0.885 bits per heavy atom. The highest BCUT2D eigenvalue weighted by Crippen LogP contribution is 2.43. The summed E-state index contributed by atoms with van der Waals surface area (Å²) >= 11 is 0. The van der Waals surface area contributed by atoms with Crippen LogP contribution in [0.4, 0.5) is 0 Å². The van der Waals surface area contributed by atoms with E-state index >= 15 is 4.79 Å². The molecule has 0 aromatic rings. The van der Waals surface area contributed by atoms with Crippen LogP contribution in [-0.2, 0) is 71.0 Å². The van der Waals surface area contributed by atoms with Gasteiger partial charge in [-0.3, -0.25) is 33.3 Å². The number of carbonyl (C=O) groups excluding carboxylic acids is 6. The van der Waals surface area contributed by atoms with Crippen molar-refractivity contribution in [1.29, 1.82) is 0 Å². The molecule has 0 aromatic carbocycles. The van der Waals surface area contributed by atoms with Crippen molar-refractivity contribution in [2.75, 3.05) is 13.2 Å². The third-order valence-electron chi connectivity index (χ3n) is 24.6. The van der Waals surface area contributed by atoms with Gasteiger partial charge >= 0.3 is 31.7 Å². The molecular weight excluding hydrogens is 1570 g/mol. The molecular formula is C98H185N2O21P. The zero-order valence-corrected chi connectivity index (χ0v) is 79.3. The summed E-state index contributed by atoms with van der Waals surface area (Å²) in [6.45, 7) is 11.4. The highest BCUT2D eigenvalue weighted by molar-refractivity contribution is 7.46. The Kier molecular flexibility index (Phi) is 74.0. The molecule has 8 N–H and O–H groups in total. The van der Waals surface area contributed by atoms with Crippen molar-refractivity contribution in [3.05, 3.63) is 0 Å². The lowest BCUT2D eigenvalue weighted by atomic mass is 9.95. The second-order valence-electron chi connectivity index (χ2n) is 36.2. The molecule has 0 spiro atoms. The zero-order valence-electron chi connectivity index (χ0n) is 78.4. The molecule has 2 heterocycles. The van der Waals surface area contributed by atoms with Gasteiger partial charge in [-0.25, -0.2) is 4.57 Å². The summed E-state index contributed by atoms with van der Waals surface area (Å²) in [6.07, 6.45) is 49.5. The van der Waals surface area contributed by atoms with Gasteiger partial charge in [0.25, 0.3) is 0 Å². The molecule has 0 aromatic heterocycles. The number of phosphoric acid groups is 1. The number of nitrogens with one attached hydrogen (secondary N) is 2. The van der Waals surface area contributed by atoms with E-state index in [0.29, 0.717) is 51.4 Å². The third-order valence-corrected chi connectivity index (χ3v) is 25.1. The zero-order chi connectivity index (χ0) is 89.2. The maximum atomic E-state index is 15.0. The molecule has 6 unspecified atom stereocenters. The first-order valence-corrected chi connectivity index (χ1v) is 52.4. The van der Waals surface area contributed by atoms with E-state index in [1.807, 2.05) is 0 Å². The van der Waals surface area contributed by atoms with E-state index in [-0.39, 0.29) is 32.1 Å². The SMILES string of the molecule is CCCCCCCCCCCCCCCC(=O)O[C@H](CCCCCCCCCCC)CC(=O)NC1C(O)[C@H](O)C(CO[C@@H]2OC(CO)[C@@H](OP(=O)(O)O)C(OC(=O)C[C@@H](CCCCCCCCCCC)OC(=O)CCCCCCCCCCCCC)C2NC(=O)C[C@@H](CCCCCCCCCCC)OC(=O)CCCCCCCCCCCCC)O[C@@H]1O. The normalized spacial score (nSPS) is 20.0. The molecule has 122 heavy (non-hydrogen) atoms. The van der Waals surface area contributed by atoms with Crippen LogP contribution >= 0.6 is 7.82 Å². The Morgan fingerprint density at radius 1 is 0.328 bits per heavy atom. The summed E-state index contributed by atoms with van der Waals surface area (Å²) in [5.74, 6) is -3.84. The fraction of sp³-hybridized carbons (Fsp3) is 0.939. The first-order chi connectivity index (χ1) is 59.2. The van der Waals surface area contributed by atoms with Gasteiger partial charge in [-0.05, 0) is 57.8 Å². The molecule has 13 atom stereocenters. The quantitative estimate of drug-likeness (QED) is 0.0121. The molecule has 0 bridgehead atoms. The Morgan fingerprint density at radius 2 is 0.598 bits per heavy atom. The average Bonchev–Trinajstić information content (AvgIpc) is 0.779. The molecule has 23 nitrogen and oxygen atoms in total. The van der Waals surface area contributed by atoms with Crippen LogP contribution in [0.2, 0.25) is 0 Å². The molecule has 2 saturated heterocycles. The maximum absolute atomic E-state index is 15.0. The van der Waals surface area contributed by atoms with E-state index < -0.39 is 149 Å². The molecule has 2 aliphatic heterocycles. The molecule has 2 rings (SSSR count). The number of phosphoric ester groups is 1. The molecule has 0 aliphatic carbocycles. The van der Waals surface area contributed by atoms with Gasteiger partial charge in [-0.15, -0.1) is 0 Å². The second kappa shape index (κ2) is 78.7. The molecule has 0 radical (unpaired) electrons. The number of esters is 4. The van der Waals surface area contributed by atoms with E-state index in [4.69, 9.17) is 37.7 Å². The second-order valence-corrected chi connectivity index (χ2v) is 37.4. The van der Waals surface area contributed by atoms with Crippen LogP contribution in [0.15, 0.2) is 0 Å². The Hall–Kier alpha value is -3.35. The van der Waals surface area contributed by atoms with Gasteiger partial charge in [0.1, 0.15) is 60.9 Å². The smallest absolute Gasteiger partial charge is 0.462 e. The van der Waals surface area contributed by atoms with Crippen LogP contribution in [0.3, 0.4) is 0 Å². The largest absolute Gasteiger partial charge is 0.470 e. The summed E-state index contributed by atoms with van der Waals surface area (Å²) in [6, 6.07) is -3.37. The van der Waals surface area contributed by atoms with E-state index in [1.165, 1.54) is 186 Å². The Balaban J connectivity index is 2.57. The first-order valence-electron chi connectivity index (χ1n) is 50.9. The standard InChI is InChI=1S/C98H185N2O21P/c1-7-13-19-25-31-37-40-41-44-50-56-61-66-72-87(104)115-80(69-63-57-51-45-34-28-22-16-10-4)75-85(102)99-91-94(109)93(108)84(118-97(91)110)79-114-98-92(100-86(103)76-81(70-64-58-52-46-35-29-23-17-11-5)116-88(105)73-67-60-54-48-42-38-32-26-20-14-8-2)96(95(83(78-101)119-98)121-122(111,112)113)120-90(107)77-82(71-65-59-53-47-36-30-24-18-12-6)117-89(106)74-68-62-55-49-43-39-33-27-21-15-9-3/h80-84,91-98,101,108-110H,7-79H2,1-6H3,(H,99,102)(H,100,103)(H2,111,112,113)/t80-,81-,82-,83?,84?,91?,92?,93-,94?,95-,96?,97+,98-/m1/s1. The van der Waals surface area contributed by atoms with Crippen LogP contribution in [0.5, 0.6) is 0 Å². The van der Waals surface area contributed by atoms with Gasteiger partial charge in [0.2, 0.25) is 11.8 Å². The van der Waals surface area contributed by atoms with Gasteiger partial charge in [0.15, 0.2) is 18.7 Å². The fourth-order valence-electron chi connectivity index (χ4n) is 17.0. The van der Waals surface area contributed by atoms with Crippen molar-refractivity contribution >= 4 is 43.5 Å². The van der Waals surface area contributed by atoms with Crippen LogP contribution in [-0.4, -0.2) is 159 Å². The topological polar surface area (TPSA) is 339 Å². The van der Waals surface area contributed by atoms with E-state index in [0.717, 1.165) is 173 Å². The minimum Gasteiger partial charge on any atom is -0.462 e. The molecule has 2 fully saturated rings. The summed E-state index contributed by atoms with van der Waals surface area (Å²) in [5, 5.41) is 51.9. The lowest BCUT2D eigenvalue weighted by Gasteiger charge is -2.46. The Labute approximate surface area is 741 Å². The first kappa shape index (κ1) is 115. The number of unbranched alkanes of at least 4 members (excludes halogenated alkanes) is 56. The Bertz CT molecular complexity index is 2550. The molecule has 2 amide bonds. The minimum absolute atomic E-state index is 0.124. The maximum Gasteiger partial charge on any atom is 0.470 e. The minimum atomic E-state index is -5.58. The van der Waals surface area contributed by atoms with Gasteiger partial charge in [0.05, 0.1) is 32.5 Å². The average molecular weight is 1760 g/mol. The van der Waals surface area contributed by atoms with Crippen molar-refractivity contribution in [2.24, 2.45) is 0 Å². The highest BCUT2D eigenvalue weighted by atomic mass is 31.2. The van der Waals surface area contributed by atoms with Crippen molar-refractivity contribution in [3.63, 3.8) is 0 Å². The monoisotopic (exact) mass is 1760 g/mol. The van der Waals surface area contributed by atoms with Gasteiger partial charge < -0.3 is 74.0 Å². The summed E-state index contributed by atoms with van der Waals surface area (Å²) in [4.78, 5) is 106. The highest BCUT2D eigenvalue weighted by Gasteiger charge is 2.53. The number of amides is 2. The predicted molar refractivity (Wildman–Crippen MR) is 487 cm³/mol. The van der Waals surface area contributed by atoms with E-state index in [2.05, 4.69) is 52.2 Å². The number of ether oxygens (including phenoxy) is 7. The molecule has 2 aliphatic rings. The van der Waals surface area contributed by atoms with Gasteiger partial charge in [-0.2, -0.15) is 0 Å². The fourth-order valence-corrected chi connectivity index (χ4v) is 17.6. The lowest BCUT2D eigenvalue weighted by Crippen LogP contribution is -2.67. The van der Waals surface area contributed by atoms with E-state index in [1.54, 1.807) is 0 Å². The number of aliphatic hydroxyl groups is 4. The van der Waals surface area contributed by atoms with Crippen molar-refractivity contribution in [3.8, 4) is 0 Å². The van der Waals surface area contributed by atoms with E-state index in [9.17, 15) is 58.8 Å². The molecule has 0 saturated carbocycles. The van der Waals surface area contributed by atoms with Crippen molar-refractivity contribution in [2.45, 2.75) is 577 Å².